The number of aromatic nitrogens is 3. The molecule has 1 aromatic heterocycles. The molecule has 0 spiro atoms. The van der Waals surface area contributed by atoms with Crippen molar-refractivity contribution in [2.45, 2.75) is 58.1 Å². The molecular weight excluding hydrogens is 425 g/mol. The van der Waals surface area contributed by atoms with Crippen molar-refractivity contribution in [1.29, 1.82) is 0 Å². The summed E-state index contributed by atoms with van der Waals surface area (Å²) in [7, 11) is 0. The summed E-state index contributed by atoms with van der Waals surface area (Å²) < 4.78 is 25.7. The van der Waals surface area contributed by atoms with Crippen molar-refractivity contribution in [1.82, 2.24) is 24.8 Å². The number of amides is 1. The van der Waals surface area contributed by atoms with E-state index in [0.717, 1.165) is 38.8 Å². The van der Waals surface area contributed by atoms with Crippen molar-refractivity contribution in [2.75, 3.05) is 32.8 Å². The number of hydrogen-bond donors (Lipinski definition) is 0. The Morgan fingerprint density at radius 3 is 2.33 bits per heavy atom. The van der Waals surface area contributed by atoms with Crippen molar-refractivity contribution >= 4 is 6.09 Å². The molecule has 2 aromatic rings. The van der Waals surface area contributed by atoms with E-state index in [0.29, 0.717) is 37.3 Å². The number of benzene rings is 1. The first kappa shape index (κ1) is 23.5. The molecule has 0 bridgehead atoms. The predicted octanol–water partition coefficient (Wildman–Crippen LogP) is 3.90. The molecule has 1 saturated heterocycles. The standard InChI is InChI=1S/C24H34FN5O3/c1-24(2,3)33-23(31)29-14-12-28(13-15-29)19-6-4-18(5-7-19)17-32-22-9-8-20(16-21(22)25)30-26-10-11-27-30/h8-11,16,18-19H,4-7,12-15,17H2,1-3H3. The summed E-state index contributed by atoms with van der Waals surface area (Å²) in [5, 5.41) is 8.03. The van der Waals surface area contributed by atoms with E-state index in [2.05, 4.69) is 15.1 Å². The fourth-order valence-corrected chi connectivity index (χ4v) is 4.56. The third kappa shape index (κ3) is 6.22. The highest BCUT2D eigenvalue weighted by atomic mass is 19.1. The van der Waals surface area contributed by atoms with E-state index >= 15 is 0 Å². The van der Waals surface area contributed by atoms with Gasteiger partial charge >= 0.3 is 6.09 Å². The maximum atomic E-state index is 14.4. The first-order valence-corrected chi connectivity index (χ1v) is 11.8. The second-order valence-electron chi connectivity index (χ2n) is 9.92. The lowest BCUT2D eigenvalue weighted by molar-refractivity contribution is 0.00652. The Balaban J connectivity index is 1.19. The molecule has 33 heavy (non-hydrogen) atoms. The van der Waals surface area contributed by atoms with Crippen LogP contribution in [0.5, 0.6) is 5.75 Å². The van der Waals surface area contributed by atoms with Crippen molar-refractivity contribution in [3.05, 3.63) is 36.4 Å². The first-order chi connectivity index (χ1) is 15.8. The predicted molar refractivity (Wildman–Crippen MR) is 122 cm³/mol. The minimum Gasteiger partial charge on any atom is -0.490 e. The normalized spacial score (nSPS) is 22.2. The maximum Gasteiger partial charge on any atom is 0.410 e. The van der Waals surface area contributed by atoms with Crippen LogP contribution in [-0.4, -0.2) is 75.3 Å². The van der Waals surface area contributed by atoms with Crippen LogP contribution in [0.3, 0.4) is 0 Å². The van der Waals surface area contributed by atoms with Gasteiger partial charge in [-0.1, -0.05) is 0 Å². The molecule has 0 atom stereocenters. The highest BCUT2D eigenvalue weighted by Gasteiger charge is 2.31. The van der Waals surface area contributed by atoms with Gasteiger partial charge in [-0.15, -0.1) is 0 Å². The lowest BCUT2D eigenvalue weighted by Crippen LogP contribution is -2.53. The Hall–Kier alpha value is -2.68. The monoisotopic (exact) mass is 459 g/mol. The van der Waals surface area contributed by atoms with Crippen LogP contribution in [-0.2, 0) is 4.74 Å². The molecule has 1 aliphatic carbocycles. The first-order valence-electron chi connectivity index (χ1n) is 11.8. The zero-order valence-electron chi connectivity index (χ0n) is 19.7. The van der Waals surface area contributed by atoms with E-state index in [1.165, 1.54) is 10.9 Å². The zero-order chi connectivity index (χ0) is 23.4. The highest BCUT2D eigenvalue weighted by Crippen LogP contribution is 2.30. The van der Waals surface area contributed by atoms with Crippen LogP contribution in [0, 0.1) is 11.7 Å². The Bertz CT molecular complexity index is 915. The van der Waals surface area contributed by atoms with Crippen LogP contribution >= 0.6 is 0 Å². The zero-order valence-corrected chi connectivity index (χ0v) is 19.7. The topological polar surface area (TPSA) is 72.7 Å². The summed E-state index contributed by atoms with van der Waals surface area (Å²) in [5.74, 6) is 0.295. The van der Waals surface area contributed by atoms with Gasteiger partial charge in [-0.2, -0.15) is 15.0 Å². The average molecular weight is 460 g/mol. The highest BCUT2D eigenvalue weighted by molar-refractivity contribution is 5.68. The van der Waals surface area contributed by atoms with Crippen molar-refractivity contribution in [3.8, 4) is 11.4 Å². The maximum absolute atomic E-state index is 14.4. The fraction of sp³-hybridized carbons (Fsp3) is 0.625. The summed E-state index contributed by atoms with van der Waals surface area (Å²) in [4.78, 5) is 18.0. The third-order valence-electron chi connectivity index (χ3n) is 6.34. The molecule has 180 valence electrons. The number of halogens is 1. The van der Waals surface area contributed by atoms with Crippen LogP contribution < -0.4 is 4.74 Å². The van der Waals surface area contributed by atoms with Crippen LogP contribution in [0.4, 0.5) is 9.18 Å². The molecule has 0 unspecified atom stereocenters. The van der Waals surface area contributed by atoms with Gasteiger partial charge in [-0.3, -0.25) is 4.90 Å². The number of hydrogen-bond acceptors (Lipinski definition) is 6. The van der Waals surface area contributed by atoms with Gasteiger partial charge in [0.2, 0.25) is 0 Å². The molecule has 9 heteroatoms. The second kappa shape index (κ2) is 10.1. The number of piperazine rings is 1. The van der Waals surface area contributed by atoms with Crippen molar-refractivity contribution in [3.63, 3.8) is 0 Å². The van der Waals surface area contributed by atoms with Gasteiger partial charge < -0.3 is 14.4 Å². The molecule has 1 aromatic carbocycles. The molecule has 1 amide bonds. The van der Waals surface area contributed by atoms with Crippen molar-refractivity contribution in [2.24, 2.45) is 5.92 Å². The summed E-state index contributed by atoms with van der Waals surface area (Å²) in [6.45, 7) is 9.39. The van der Waals surface area contributed by atoms with Gasteiger partial charge in [-0.05, 0) is 64.5 Å². The van der Waals surface area contributed by atoms with E-state index < -0.39 is 11.4 Å². The summed E-state index contributed by atoms with van der Waals surface area (Å²) in [6.07, 6.45) is 7.23. The molecular formula is C24H34FN5O3. The van der Waals surface area contributed by atoms with Crippen LogP contribution in [0.15, 0.2) is 30.6 Å². The summed E-state index contributed by atoms with van der Waals surface area (Å²) >= 11 is 0. The summed E-state index contributed by atoms with van der Waals surface area (Å²) in [6, 6.07) is 5.33. The molecule has 0 N–H and O–H groups in total. The molecule has 2 fully saturated rings. The molecule has 2 aliphatic rings. The third-order valence-corrected chi connectivity index (χ3v) is 6.34. The minimum absolute atomic E-state index is 0.218. The smallest absolute Gasteiger partial charge is 0.410 e. The Labute approximate surface area is 194 Å². The van der Waals surface area contributed by atoms with E-state index in [1.54, 1.807) is 24.5 Å². The lowest BCUT2D eigenvalue weighted by Gasteiger charge is -2.42. The fourth-order valence-electron chi connectivity index (χ4n) is 4.56. The van der Waals surface area contributed by atoms with Crippen LogP contribution in [0.1, 0.15) is 46.5 Å². The largest absolute Gasteiger partial charge is 0.490 e. The molecule has 8 nitrogen and oxygen atoms in total. The van der Waals surface area contributed by atoms with Crippen molar-refractivity contribution < 1.29 is 18.7 Å². The molecule has 2 heterocycles. The van der Waals surface area contributed by atoms with E-state index in [9.17, 15) is 9.18 Å². The van der Waals surface area contributed by atoms with Gasteiger partial charge in [0, 0.05) is 38.3 Å². The van der Waals surface area contributed by atoms with Crippen LogP contribution in [0.2, 0.25) is 0 Å². The van der Waals surface area contributed by atoms with Gasteiger partial charge in [0.15, 0.2) is 11.6 Å². The quantitative estimate of drug-likeness (QED) is 0.675. The number of carbonyl (C=O) groups excluding carboxylic acids is 1. The lowest BCUT2D eigenvalue weighted by atomic mass is 9.85. The minimum atomic E-state index is -0.462. The number of nitrogens with zero attached hydrogens (tertiary/aromatic N) is 5. The van der Waals surface area contributed by atoms with Gasteiger partial charge in [0.25, 0.3) is 0 Å². The Morgan fingerprint density at radius 2 is 1.73 bits per heavy atom. The number of ether oxygens (including phenoxy) is 2. The molecule has 1 aliphatic heterocycles. The van der Waals surface area contributed by atoms with Gasteiger partial charge in [0.05, 0.1) is 24.7 Å². The SMILES string of the molecule is CC(C)(C)OC(=O)N1CCN(C2CCC(COc3ccc(-n4nccn4)cc3F)CC2)CC1. The summed E-state index contributed by atoms with van der Waals surface area (Å²) in [5.41, 5.74) is 0.105. The Morgan fingerprint density at radius 1 is 1.06 bits per heavy atom. The number of carbonyl (C=O) groups is 1. The molecule has 0 radical (unpaired) electrons. The Kier molecular flexibility index (Phi) is 7.17. The molecule has 1 saturated carbocycles. The van der Waals surface area contributed by atoms with E-state index in [1.807, 2.05) is 25.7 Å². The van der Waals surface area contributed by atoms with Crippen LogP contribution in [0.25, 0.3) is 5.69 Å². The van der Waals surface area contributed by atoms with E-state index in [-0.39, 0.29) is 11.8 Å². The van der Waals surface area contributed by atoms with Gasteiger partial charge in [-0.25, -0.2) is 9.18 Å². The van der Waals surface area contributed by atoms with Gasteiger partial charge in [0.1, 0.15) is 5.60 Å². The average Bonchev–Trinajstić information content (AvgIpc) is 3.33. The number of rotatable bonds is 5. The van der Waals surface area contributed by atoms with E-state index in [4.69, 9.17) is 9.47 Å². The second-order valence-corrected chi connectivity index (χ2v) is 9.92. The molecule has 4 rings (SSSR count).